The second-order valence-corrected chi connectivity index (χ2v) is 16.0. The summed E-state index contributed by atoms with van der Waals surface area (Å²) in [6.45, 7) is 3.64. The molecule has 5 heterocycles. The number of fused-ring (bicyclic) bond motifs is 1. The van der Waals surface area contributed by atoms with Crippen molar-refractivity contribution in [3.8, 4) is 5.75 Å². The molecule has 4 aromatic rings. The molecule has 1 aromatic carbocycles. The molecule has 0 radical (unpaired) electrons. The number of halogens is 1. The van der Waals surface area contributed by atoms with Gasteiger partial charge in [-0.3, -0.25) is 57.4 Å². The van der Waals surface area contributed by atoms with Gasteiger partial charge in [-0.05, 0) is 31.4 Å². The van der Waals surface area contributed by atoms with Crippen LogP contribution in [0.4, 0.5) is 5.95 Å². The van der Waals surface area contributed by atoms with Crippen molar-refractivity contribution >= 4 is 54.2 Å². The van der Waals surface area contributed by atoms with Gasteiger partial charge in [0.2, 0.25) is 11.9 Å². The predicted octanol–water partition coefficient (Wildman–Crippen LogP) is 2.82. The summed E-state index contributed by atoms with van der Waals surface area (Å²) in [6, 6.07) is 6.04. The zero-order valence-corrected chi connectivity index (χ0v) is 33.0. The van der Waals surface area contributed by atoms with Crippen LogP contribution in [-0.4, -0.2) is 88.5 Å². The first-order valence-corrected chi connectivity index (χ1v) is 20.0. The second kappa shape index (κ2) is 17.9. The molecule has 1 unspecified atom stereocenters. The van der Waals surface area contributed by atoms with Crippen molar-refractivity contribution in [3.05, 3.63) is 78.6 Å². The van der Waals surface area contributed by atoms with Crippen molar-refractivity contribution in [2.75, 3.05) is 18.5 Å². The summed E-state index contributed by atoms with van der Waals surface area (Å²) < 4.78 is 47.2. The highest BCUT2D eigenvalue weighted by atomic mass is 35.5. The molecule has 58 heavy (non-hydrogen) atoms. The van der Waals surface area contributed by atoms with Crippen molar-refractivity contribution < 1.29 is 52.2 Å². The van der Waals surface area contributed by atoms with E-state index in [1.165, 1.54) is 36.1 Å². The number of aliphatic hydroxyl groups is 1. The highest BCUT2D eigenvalue weighted by molar-refractivity contribution is 7.49. The van der Waals surface area contributed by atoms with E-state index >= 15 is 0 Å². The minimum atomic E-state index is -4.79. The number of carboxylic acid groups (broad SMARTS) is 1. The lowest BCUT2D eigenvalue weighted by Crippen LogP contribution is -2.33. The Bertz CT molecular complexity index is 2410. The number of anilines is 1. The molecule has 7 atom stereocenters. The van der Waals surface area contributed by atoms with Gasteiger partial charge in [-0.2, -0.15) is 4.98 Å². The van der Waals surface area contributed by atoms with Crippen LogP contribution in [0.15, 0.2) is 51.2 Å². The van der Waals surface area contributed by atoms with Crippen LogP contribution < -0.4 is 26.6 Å². The second-order valence-electron chi connectivity index (χ2n) is 14.1. The van der Waals surface area contributed by atoms with Gasteiger partial charge >= 0.3 is 19.5 Å². The van der Waals surface area contributed by atoms with E-state index in [1.807, 2.05) is 0 Å². The fourth-order valence-electron chi connectivity index (χ4n) is 6.44. The topological polar surface area (TPSA) is 285 Å². The van der Waals surface area contributed by atoms with Crippen LogP contribution in [0, 0.1) is 18.8 Å². The minimum Gasteiger partial charge on any atom is -0.481 e. The normalized spacial score (nSPS) is 22.9. The SMILES string of the molecule is Cc1cn([C@H]2C[C@@H](CC(=O)CCC(=O)O)[C@H](COP(=O)(Oc3ccccc3Cl)O[C@H]3C[C@H](n4cnc5c(=O)[nH]c(NC(=O)C(C)C)nc54)O[C@H]3CO)O2)c(=O)[nH]c1=O. The Morgan fingerprint density at radius 2 is 1.78 bits per heavy atom. The number of para-hydroxylation sites is 1. The lowest BCUT2D eigenvalue weighted by atomic mass is 9.93. The third-order valence-corrected chi connectivity index (χ3v) is 11.2. The number of benzene rings is 1. The number of H-pyrrole nitrogens is 2. The summed E-state index contributed by atoms with van der Waals surface area (Å²) in [5.41, 5.74) is -1.84. The Kier molecular flexibility index (Phi) is 13.1. The summed E-state index contributed by atoms with van der Waals surface area (Å²) in [4.78, 5) is 87.2. The van der Waals surface area contributed by atoms with Crippen molar-refractivity contribution in [2.45, 2.75) is 83.6 Å². The number of ketones is 1. The average Bonchev–Trinajstić information content (AvgIpc) is 3.89. The van der Waals surface area contributed by atoms with Gasteiger partial charge in [0.15, 0.2) is 11.2 Å². The first-order valence-electron chi connectivity index (χ1n) is 18.2. The number of nitrogens with zero attached hydrogens (tertiary/aromatic N) is 4. The molecular weight excluding hydrogens is 809 g/mol. The molecule has 5 N–H and O–H groups in total. The van der Waals surface area contributed by atoms with Gasteiger partial charge in [0.1, 0.15) is 36.2 Å². The number of aromatic nitrogens is 6. The summed E-state index contributed by atoms with van der Waals surface area (Å²) in [7, 11) is -4.79. The fourth-order valence-corrected chi connectivity index (χ4v) is 8.11. The van der Waals surface area contributed by atoms with E-state index in [2.05, 4.69) is 25.3 Å². The Balaban J connectivity index is 1.27. The Labute approximate surface area is 333 Å². The number of aliphatic hydroxyl groups excluding tert-OH is 1. The number of carboxylic acids is 1. The number of carbonyl (C=O) groups excluding carboxylic acids is 2. The summed E-state index contributed by atoms with van der Waals surface area (Å²) >= 11 is 6.35. The van der Waals surface area contributed by atoms with E-state index in [4.69, 9.17) is 39.8 Å². The Morgan fingerprint density at radius 1 is 1.05 bits per heavy atom. The van der Waals surface area contributed by atoms with Crippen LogP contribution in [0.5, 0.6) is 5.75 Å². The van der Waals surface area contributed by atoms with Crippen molar-refractivity contribution in [3.63, 3.8) is 0 Å². The van der Waals surface area contributed by atoms with Crippen LogP contribution in [0.1, 0.15) is 64.0 Å². The molecule has 0 aliphatic carbocycles. The van der Waals surface area contributed by atoms with E-state index in [-0.39, 0.29) is 59.1 Å². The minimum absolute atomic E-state index is 0.0329. The summed E-state index contributed by atoms with van der Waals surface area (Å²) in [5, 5.41) is 22.0. The average molecular weight is 850 g/mol. The quantitative estimate of drug-likeness (QED) is 0.0955. The van der Waals surface area contributed by atoms with Gasteiger partial charge < -0.3 is 24.2 Å². The summed E-state index contributed by atoms with van der Waals surface area (Å²) in [5.74, 6) is -3.30. The van der Waals surface area contributed by atoms with Gasteiger partial charge in [-0.1, -0.05) is 37.6 Å². The maximum absolute atomic E-state index is 14.7. The lowest BCUT2D eigenvalue weighted by Gasteiger charge is -2.26. The number of phosphoric acid groups is 1. The van der Waals surface area contributed by atoms with Crippen LogP contribution in [-0.2, 0) is 37.5 Å². The number of Topliss-reactive ketones (excluding diaryl/α,β-unsaturated/α-hetero) is 1. The smallest absolute Gasteiger partial charge is 0.481 e. The highest BCUT2D eigenvalue weighted by Gasteiger charge is 2.46. The number of imidazole rings is 1. The Hall–Kier alpha value is -5.02. The van der Waals surface area contributed by atoms with E-state index in [0.29, 0.717) is 0 Å². The molecule has 2 saturated heterocycles. The van der Waals surface area contributed by atoms with Crippen LogP contribution in [0.3, 0.4) is 0 Å². The molecule has 0 saturated carbocycles. The van der Waals surface area contributed by atoms with Gasteiger partial charge in [0.25, 0.3) is 11.1 Å². The monoisotopic (exact) mass is 849 g/mol. The molecule has 2 fully saturated rings. The number of ether oxygens (including phenoxy) is 2. The van der Waals surface area contributed by atoms with Gasteiger partial charge in [-0.15, -0.1) is 0 Å². The largest absolute Gasteiger partial charge is 0.530 e. The molecule has 0 spiro atoms. The fraction of sp³-hybridized carbons (Fsp3) is 0.486. The standard InChI is InChI=1S/C35H41ClN7O14P/c1-17(2)31(48)39-34-38-30-29(33(50)40-34)37-16-43(30)27-12-23(24(14-44)54-27)57-58(52,56-22-7-5-4-6-21(22)36)53-15-25-19(10-20(45)8-9-28(46)47)11-26(55-25)42-13-18(3)32(49)41-35(42)51/h4-7,13,16-17,19,23-27,44H,8-12,14-15H2,1-3H3,(H,46,47)(H,41,49,51)(H2,38,39,40,48,50)/t19-,23+,24+,25+,26-,27-,58?/m1/s1. The number of hydrogen-bond donors (Lipinski definition) is 5. The molecule has 21 nitrogen and oxygen atoms in total. The van der Waals surface area contributed by atoms with Gasteiger partial charge in [0, 0.05) is 36.9 Å². The van der Waals surface area contributed by atoms with Gasteiger partial charge in [0.05, 0.1) is 37.1 Å². The number of carbonyl (C=O) groups is 3. The summed E-state index contributed by atoms with van der Waals surface area (Å²) in [6.07, 6.45) is -3.73. The van der Waals surface area contributed by atoms with Crippen LogP contribution >= 0.6 is 19.4 Å². The third kappa shape index (κ3) is 9.80. The lowest BCUT2D eigenvalue weighted by molar-refractivity contribution is -0.138. The van der Waals surface area contributed by atoms with E-state index in [9.17, 15) is 38.4 Å². The molecule has 0 bridgehead atoms. The molecular formula is C35H41ClN7O14P. The zero-order chi connectivity index (χ0) is 41.9. The third-order valence-electron chi connectivity index (χ3n) is 9.50. The van der Waals surface area contributed by atoms with Crippen LogP contribution in [0.2, 0.25) is 5.02 Å². The number of phosphoric ester groups is 1. The molecule has 23 heteroatoms. The highest BCUT2D eigenvalue weighted by Crippen LogP contribution is 2.55. The zero-order valence-electron chi connectivity index (χ0n) is 31.4. The number of aliphatic carboxylic acids is 1. The number of nitrogens with one attached hydrogen (secondary N) is 3. The predicted molar refractivity (Wildman–Crippen MR) is 202 cm³/mol. The maximum Gasteiger partial charge on any atom is 0.530 e. The Morgan fingerprint density at radius 3 is 2.48 bits per heavy atom. The first kappa shape index (κ1) is 42.6. The number of rotatable bonds is 17. The molecule has 3 aromatic heterocycles. The van der Waals surface area contributed by atoms with Crippen molar-refractivity contribution in [2.24, 2.45) is 11.8 Å². The molecule has 2 aliphatic rings. The number of amides is 1. The van der Waals surface area contributed by atoms with E-state index in [0.717, 1.165) is 4.57 Å². The molecule has 312 valence electrons. The molecule has 1 amide bonds. The first-order chi connectivity index (χ1) is 27.5. The van der Waals surface area contributed by atoms with Crippen LogP contribution in [0.25, 0.3) is 11.2 Å². The maximum atomic E-state index is 14.7. The molecule has 6 rings (SSSR count). The molecule has 2 aliphatic heterocycles. The van der Waals surface area contributed by atoms with E-state index < -0.39 is 105 Å². The van der Waals surface area contributed by atoms with Gasteiger partial charge in [-0.25, -0.2) is 14.3 Å². The number of aromatic amines is 2. The van der Waals surface area contributed by atoms with Crippen molar-refractivity contribution in [1.82, 2.24) is 29.1 Å². The number of hydrogen-bond acceptors (Lipinski definition) is 15. The van der Waals surface area contributed by atoms with E-state index in [1.54, 1.807) is 26.0 Å². The number of aryl methyl sites for hydroxylation is 1. The van der Waals surface area contributed by atoms with Crippen molar-refractivity contribution in [1.29, 1.82) is 0 Å².